The molecule has 0 radical (unpaired) electrons. The lowest BCUT2D eigenvalue weighted by Crippen LogP contribution is -2.14. The molecular weight excluding hydrogens is 392 g/mol. The normalized spacial score (nSPS) is 12.3. The molecule has 0 atom stereocenters. The summed E-state index contributed by atoms with van der Waals surface area (Å²) in [6, 6.07) is 23.0. The fourth-order valence-corrected chi connectivity index (χ4v) is 3.75. The molecule has 1 aliphatic rings. The van der Waals surface area contributed by atoms with Gasteiger partial charge in [0.1, 0.15) is 11.5 Å². The lowest BCUT2D eigenvalue weighted by molar-refractivity contribution is 0.0817. The number of carbonyl (C=O) groups is 4. The molecule has 5 nitrogen and oxygen atoms in total. The molecule has 4 aromatic rings. The lowest BCUT2D eigenvalue weighted by atomic mass is 10.0. The highest BCUT2D eigenvalue weighted by Gasteiger charge is 2.31. The van der Waals surface area contributed by atoms with Gasteiger partial charge in [-0.25, -0.2) is 0 Å². The Labute approximate surface area is 176 Å². The molecule has 0 amide bonds. The first kappa shape index (κ1) is 18.6. The zero-order valence-corrected chi connectivity index (χ0v) is 16.1. The highest BCUT2D eigenvalue weighted by atomic mass is 16.5. The van der Waals surface area contributed by atoms with Crippen molar-refractivity contribution >= 4 is 33.9 Å². The van der Waals surface area contributed by atoms with E-state index >= 15 is 0 Å². The van der Waals surface area contributed by atoms with Crippen LogP contribution in [-0.2, 0) is 0 Å². The molecule has 0 unspecified atom stereocenters. The first-order chi connectivity index (χ1) is 15.0. The molecule has 148 valence electrons. The summed E-state index contributed by atoms with van der Waals surface area (Å²) in [5.74, 6) is -1.24. The summed E-state index contributed by atoms with van der Waals surface area (Å²) < 4.78 is 5.96. The first-order valence-electron chi connectivity index (χ1n) is 9.61. The fraction of sp³-hybridized carbons (Fsp3) is 0. The number of rotatable bonds is 5. The third kappa shape index (κ3) is 3.04. The molecule has 4 aromatic carbocycles. The lowest BCUT2D eigenvalue weighted by Gasteiger charge is -2.10. The first-order valence-corrected chi connectivity index (χ1v) is 9.61. The van der Waals surface area contributed by atoms with E-state index in [2.05, 4.69) is 0 Å². The monoisotopic (exact) mass is 406 g/mol. The number of hydrogen-bond donors (Lipinski definition) is 0. The number of hydrogen-bond acceptors (Lipinski definition) is 5. The van der Waals surface area contributed by atoms with E-state index in [1.165, 1.54) is 12.1 Å². The van der Waals surface area contributed by atoms with Crippen LogP contribution >= 0.6 is 0 Å². The van der Waals surface area contributed by atoms with Crippen molar-refractivity contribution in [1.29, 1.82) is 0 Å². The summed E-state index contributed by atoms with van der Waals surface area (Å²) in [7, 11) is 0. The molecule has 0 heterocycles. The average molecular weight is 406 g/mol. The Bertz CT molecular complexity index is 1380. The number of Topliss-reactive ketones (excluding diaryl/α,β-unsaturated/α-hetero) is 4. The van der Waals surface area contributed by atoms with Gasteiger partial charge in [-0.15, -0.1) is 0 Å². The summed E-state index contributed by atoms with van der Waals surface area (Å²) >= 11 is 0. The minimum absolute atomic E-state index is 0.262. The maximum atomic E-state index is 12.5. The summed E-state index contributed by atoms with van der Waals surface area (Å²) in [6.07, 6.45) is 0. The number of ether oxygens (including phenoxy) is 1. The van der Waals surface area contributed by atoms with Gasteiger partial charge in [0.05, 0.1) is 0 Å². The van der Waals surface area contributed by atoms with Crippen LogP contribution < -0.4 is 4.74 Å². The molecule has 0 fully saturated rings. The van der Waals surface area contributed by atoms with E-state index in [4.69, 9.17) is 4.74 Å². The molecule has 0 N–H and O–H groups in total. The number of benzene rings is 4. The van der Waals surface area contributed by atoms with E-state index in [0.717, 1.165) is 0 Å². The van der Waals surface area contributed by atoms with Gasteiger partial charge >= 0.3 is 0 Å². The number of carbonyl (C=O) groups excluding carboxylic acids is 4. The summed E-state index contributed by atoms with van der Waals surface area (Å²) in [5.41, 5.74) is 1.36. The molecule has 5 rings (SSSR count). The third-order valence-electron chi connectivity index (χ3n) is 5.28. The highest BCUT2D eigenvalue weighted by Crippen LogP contribution is 2.37. The van der Waals surface area contributed by atoms with Gasteiger partial charge in [0.2, 0.25) is 23.1 Å². The summed E-state index contributed by atoms with van der Waals surface area (Å²) in [4.78, 5) is 49.1. The maximum Gasteiger partial charge on any atom is 0.234 e. The van der Waals surface area contributed by atoms with Gasteiger partial charge in [0.15, 0.2) is 0 Å². The standard InChI is InChI=1S/C26H14O5/c27-23(15-5-2-1-3-6-15)24(28)16-9-11-17(12-10-16)31-21-14-13-20-22-18(21)7-4-8-19(22)25(29)26(20)30/h1-14H. The zero-order chi connectivity index (χ0) is 21.5. The van der Waals surface area contributed by atoms with Gasteiger partial charge in [-0.2, -0.15) is 0 Å². The second-order valence-electron chi connectivity index (χ2n) is 7.15. The van der Waals surface area contributed by atoms with E-state index in [-0.39, 0.29) is 5.56 Å². The molecule has 0 bridgehead atoms. The molecule has 0 aromatic heterocycles. The van der Waals surface area contributed by atoms with Crippen LogP contribution in [0.2, 0.25) is 0 Å². The molecule has 5 heteroatoms. The van der Waals surface area contributed by atoms with Crippen LogP contribution in [0.3, 0.4) is 0 Å². The average Bonchev–Trinajstić information content (AvgIpc) is 3.07. The zero-order valence-electron chi connectivity index (χ0n) is 16.1. The minimum Gasteiger partial charge on any atom is -0.457 e. The molecule has 31 heavy (non-hydrogen) atoms. The van der Waals surface area contributed by atoms with Crippen molar-refractivity contribution in [3.05, 3.63) is 107 Å². The van der Waals surface area contributed by atoms with Gasteiger partial charge in [0.25, 0.3) is 0 Å². The fourth-order valence-electron chi connectivity index (χ4n) is 3.75. The Morgan fingerprint density at radius 2 is 1.19 bits per heavy atom. The third-order valence-corrected chi connectivity index (χ3v) is 5.28. The van der Waals surface area contributed by atoms with Crippen molar-refractivity contribution in [1.82, 2.24) is 0 Å². The summed E-state index contributed by atoms with van der Waals surface area (Å²) in [5, 5.41) is 1.25. The molecule has 1 aliphatic carbocycles. The molecule has 0 aliphatic heterocycles. The van der Waals surface area contributed by atoms with Crippen LogP contribution in [0.25, 0.3) is 10.8 Å². The minimum atomic E-state index is -0.597. The topological polar surface area (TPSA) is 77.5 Å². The van der Waals surface area contributed by atoms with Crippen LogP contribution in [0.5, 0.6) is 11.5 Å². The van der Waals surface area contributed by atoms with E-state index < -0.39 is 23.1 Å². The Hall–Kier alpha value is -4.38. The van der Waals surface area contributed by atoms with Gasteiger partial charge in [0, 0.05) is 33.0 Å². The molecular formula is C26H14O5. The van der Waals surface area contributed by atoms with Crippen molar-refractivity contribution in [2.24, 2.45) is 0 Å². The molecule has 0 saturated heterocycles. The Balaban J connectivity index is 1.43. The maximum absolute atomic E-state index is 12.5. The van der Waals surface area contributed by atoms with Gasteiger partial charge in [-0.1, -0.05) is 48.5 Å². The predicted molar refractivity (Wildman–Crippen MR) is 114 cm³/mol. The van der Waals surface area contributed by atoms with Gasteiger partial charge < -0.3 is 4.74 Å². The smallest absolute Gasteiger partial charge is 0.234 e. The van der Waals surface area contributed by atoms with E-state index in [0.29, 0.717) is 39.0 Å². The van der Waals surface area contributed by atoms with Gasteiger partial charge in [-0.05, 0) is 36.4 Å². The Kier molecular flexibility index (Phi) is 4.30. The Morgan fingerprint density at radius 1 is 0.581 bits per heavy atom. The van der Waals surface area contributed by atoms with Crippen molar-refractivity contribution < 1.29 is 23.9 Å². The van der Waals surface area contributed by atoms with Crippen molar-refractivity contribution in [2.45, 2.75) is 0 Å². The largest absolute Gasteiger partial charge is 0.457 e. The van der Waals surface area contributed by atoms with Crippen LogP contribution in [0, 0.1) is 0 Å². The molecule has 0 spiro atoms. The van der Waals surface area contributed by atoms with Crippen molar-refractivity contribution in [2.75, 3.05) is 0 Å². The summed E-state index contributed by atoms with van der Waals surface area (Å²) in [6.45, 7) is 0. The van der Waals surface area contributed by atoms with Gasteiger partial charge in [-0.3, -0.25) is 19.2 Å². The van der Waals surface area contributed by atoms with E-state index in [9.17, 15) is 19.2 Å². The van der Waals surface area contributed by atoms with Crippen molar-refractivity contribution in [3.8, 4) is 11.5 Å². The van der Waals surface area contributed by atoms with E-state index in [1.54, 1.807) is 72.8 Å². The van der Waals surface area contributed by atoms with Crippen LogP contribution in [0.15, 0.2) is 84.9 Å². The second-order valence-corrected chi connectivity index (χ2v) is 7.15. The SMILES string of the molecule is O=C(C(=O)c1ccc(Oc2ccc3c4c(cccc24)C(=O)C3=O)cc1)c1ccccc1. The number of ketones is 4. The Morgan fingerprint density at radius 3 is 1.87 bits per heavy atom. The van der Waals surface area contributed by atoms with Crippen LogP contribution in [-0.4, -0.2) is 23.1 Å². The quantitative estimate of drug-likeness (QED) is 0.341. The van der Waals surface area contributed by atoms with E-state index in [1.807, 2.05) is 0 Å². The van der Waals surface area contributed by atoms with Crippen LogP contribution in [0.4, 0.5) is 0 Å². The molecule has 0 saturated carbocycles. The second kappa shape index (κ2) is 7.15. The van der Waals surface area contributed by atoms with Crippen LogP contribution in [0.1, 0.15) is 41.4 Å². The van der Waals surface area contributed by atoms with Crippen molar-refractivity contribution in [3.63, 3.8) is 0 Å². The predicted octanol–water partition coefficient (Wildman–Crippen LogP) is 5.08. The highest BCUT2D eigenvalue weighted by molar-refractivity contribution is 6.57.